The summed E-state index contributed by atoms with van der Waals surface area (Å²) in [6.07, 6.45) is 13.4. The van der Waals surface area contributed by atoms with E-state index in [-0.39, 0.29) is 39.1 Å². The molecule has 0 aromatic carbocycles. The van der Waals surface area contributed by atoms with Gasteiger partial charge in [-0.2, -0.15) is 0 Å². The molecule has 6 aliphatic rings. The van der Waals surface area contributed by atoms with Crippen LogP contribution in [-0.2, 0) is 9.53 Å². The van der Waals surface area contributed by atoms with Gasteiger partial charge in [-0.3, -0.25) is 4.79 Å². The second-order valence-corrected chi connectivity index (χ2v) is 14.8. The molecule has 3 nitrogen and oxygen atoms in total. The van der Waals surface area contributed by atoms with Crippen molar-refractivity contribution < 1.29 is 14.6 Å². The van der Waals surface area contributed by atoms with E-state index < -0.39 is 5.60 Å². The topological polar surface area (TPSA) is 46.5 Å². The van der Waals surface area contributed by atoms with Gasteiger partial charge in [0.2, 0.25) is 0 Å². The first-order chi connectivity index (χ1) is 15.3. The van der Waals surface area contributed by atoms with E-state index in [4.69, 9.17) is 4.74 Å². The van der Waals surface area contributed by atoms with Crippen LogP contribution in [0, 0.1) is 56.7 Å². The van der Waals surface area contributed by atoms with Crippen LogP contribution in [0.3, 0.4) is 0 Å². The van der Waals surface area contributed by atoms with Crippen molar-refractivity contribution in [1.29, 1.82) is 0 Å². The van der Waals surface area contributed by atoms with Gasteiger partial charge in [-0.05, 0) is 97.4 Å². The molecule has 1 aliphatic heterocycles. The average molecular weight is 455 g/mol. The fourth-order valence-corrected chi connectivity index (χ4v) is 11.4. The number of ether oxygens (including phenoxy) is 1. The molecular weight excluding hydrogens is 408 g/mol. The van der Waals surface area contributed by atoms with Crippen LogP contribution in [0.4, 0.5) is 0 Å². The molecule has 5 fully saturated rings. The summed E-state index contributed by atoms with van der Waals surface area (Å²) in [5.41, 5.74) is -0.514. The standard InChI is InChI=1S/C30H46O3/c1-18-8-14-29-17-16-28(7)27(6)13-9-20-25(3,4)22(31)11-12-26(20,5)21(27)10-15-30(28,33-24(29)32)23(29)19(18)2/h10,15,18-23,31H,8-9,11-14,16-17H2,1-7H3/t18-,19+,20-,21+,22+,23-,26+,27-,28+,29+,30+/m1/s1. The lowest BCUT2D eigenvalue weighted by atomic mass is 9.32. The summed E-state index contributed by atoms with van der Waals surface area (Å²) in [7, 11) is 0. The molecule has 1 spiro atoms. The van der Waals surface area contributed by atoms with Crippen LogP contribution in [0.5, 0.6) is 0 Å². The van der Waals surface area contributed by atoms with Crippen molar-refractivity contribution in [2.24, 2.45) is 56.7 Å². The van der Waals surface area contributed by atoms with E-state index in [0.29, 0.717) is 29.6 Å². The Labute approximate surface area is 201 Å². The third kappa shape index (κ3) is 2.23. The smallest absolute Gasteiger partial charge is 0.313 e. The third-order valence-corrected chi connectivity index (χ3v) is 13.8. The van der Waals surface area contributed by atoms with Gasteiger partial charge in [0.25, 0.3) is 0 Å². The van der Waals surface area contributed by atoms with Gasteiger partial charge in [0, 0.05) is 11.3 Å². The molecule has 11 atom stereocenters. The van der Waals surface area contributed by atoms with Gasteiger partial charge in [-0.25, -0.2) is 0 Å². The van der Waals surface area contributed by atoms with E-state index in [0.717, 1.165) is 44.9 Å². The highest BCUT2D eigenvalue weighted by Gasteiger charge is 2.80. The maximum atomic E-state index is 13.6. The number of carbonyl (C=O) groups excluding carboxylic acids is 1. The van der Waals surface area contributed by atoms with E-state index in [1.807, 2.05) is 0 Å². The summed E-state index contributed by atoms with van der Waals surface area (Å²) in [4.78, 5) is 13.6. The number of carbonyl (C=O) groups is 1. The van der Waals surface area contributed by atoms with Crippen LogP contribution in [0.15, 0.2) is 12.2 Å². The monoisotopic (exact) mass is 454 g/mol. The Morgan fingerprint density at radius 2 is 1.67 bits per heavy atom. The summed E-state index contributed by atoms with van der Waals surface area (Å²) >= 11 is 0. The van der Waals surface area contributed by atoms with E-state index in [1.165, 1.54) is 6.42 Å². The van der Waals surface area contributed by atoms with Gasteiger partial charge in [0.05, 0.1) is 11.5 Å². The highest BCUT2D eigenvalue weighted by Crippen LogP contribution is 2.79. The van der Waals surface area contributed by atoms with E-state index in [2.05, 4.69) is 60.6 Å². The minimum atomic E-state index is -0.450. The van der Waals surface area contributed by atoms with Crippen molar-refractivity contribution in [1.82, 2.24) is 0 Å². The van der Waals surface area contributed by atoms with Gasteiger partial charge in [-0.15, -0.1) is 0 Å². The van der Waals surface area contributed by atoms with Crippen molar-refractivity contribution >= 4 is 5.97 Å². The molecule has 1 N–H and O–H groups in total. The van der Waals surface area contributed by atoms with E-state index >= 15 is 0 Å². The number of allylic oxidation sites excluding steroid dienone is 1. The van der Waals surface area contributed by atoms with Gasteiger partial charge >= 0.3 is 5.97 Å². The summed E-state index contributed by atoms with van der Waals surface area (Å²) in [5.74, 6) is 2.56. The Bertz CT molecular complexity index is 922. The Morgan fingerprint density at radius 1 is 0.939 bits per heavy atom. The summed E-state index contributed by atoms with van der Waals surface area (Å²) < 4.78 is 6.71. The largest absolute Gasteiger partial charge is 0.453 e. The molecule has 1 saturated heterocycles. The van der Waals surface area contributed by atoms with Crippen LogP contribution < -0.4 is 0 Å². The molecule has 0 amide bonds. The zero-order valence-corrected chi connectivity index (χ0v) is 22.0. The number of rotatable bonds is 0. The Balaban J connectivity index is 1.52. The Hall–Kier alpha value is -0.830. The van der Waals surface area contributed by atoms with Crippen molar-refractivity contribution in [3.05, 3.63) is 12.2 Å². The number of aliphatic hydroxyl groups excluding tert-OH is 1. The normalized spacial score (nSPS) is 60.8. The molecule has 6 rings (SSSR count). The molecule has 33 heavy (non-hydrogen) atoms. The summed E-state index contributed by atoms with van der Waals surface area (Å²) in [6, 6.07) is 0. The highest BCUT2D eigenvalue weighted by molar-refractivity contribution is 5.82. The number of hydrogen-bond donors (Lipinski definition) is 1. The van der Waals surface area contributed by atoms with Gasteiger partial charge in [-0.1, -0.05) is 54.5 Å². The Morgan fingerprint density at radius 3 is 2.39 bits per heavy atom. The van der Waals surface area contributed by atoms with Crippen LogP contribution in [0.2, 0.25) is 0 Å². The van der Waals surface area contributed by atoms with E-state index in [9.17, 15) is 9.90 Å². The van der Waals surface area contributed by atoms with Gasteiger partial charge in [0.15, 0.2) is 0 Å². The second kappa shape index (κ2) is 6.29. The average Bonchev–Trinajstić information content (AvgIpc) is 2.95. The second-order valence-electron chi connectivity index (χ2n) is 14.8. The number of hydrogen-bond acceptors (Lipinski definition) is 3. The minimum absolute atomic E-state index is 0.0424. The fraction of sp³-hybridized carbons (Fsp3) is 0.900. The molecule has 0 radical (unpaired) electrons. The summed E-state index contributed by atoms with van der Waals surface area (Å²) in [6.45, 7) is 17.0. The quantitative estimate of drug-likeness (QED) is 0.334. The molecule has 5 aliphatic carbocycles. The minimum Gasteiger partial charge on any atom is -0.453 e. The predicted octanol–water partition coefficient (Wildman–Crippen LogP) is 6.54. The zero-order valence-electron chi connectivity index (χ0n) is 22.0. The first-order valence-electron chi connectivity index (χ1n) is 13.9. The van der Waals surface area contributed by atoms with Gasteiger partial charge < -0.3 is 9.84 Å². The molecule has 1 heterocycles. The van der Waals surface area contributed by atoms with Crippen molar-refractivity contribution in [3.8, 4) is 0 Å². The maximum Gasteiger partial charge on any atom is 0.313 e. The first-order valence-corrected chi connectivity index (χ1v) is 13.9. The summed E-state index contributed by atoms with van der Waals surface area (Å²) in [5, 5.41) is 10.9. The lowest BCUT2D eigenvalue weighted by Gasteiger charge is -2.72. The number of aliphatic hydroxyl groups is 1. The van der Waals surface area contributed by atoms with Crippen LogP contribution in [0.1, 0.15) is 99.8 Å². The number of fused-ring (bicyclic) bond motifs is 4. The van der Waals surface area contributed by atoms with Crippen molar-refractivity contribution in [3.63, 3.8) is 0 Å². The van der Waals surface area contributed by atoms with E-state index in [1.54, 1.807) is 0 Å². The van der Waals surface area contributed by atoms with Crippen molar-refractivity contribution in [2.75, 3.05) is 0 Å². The molecule has 2 bridgehead atoms. The molecule has 3 heteroatoms. The molecule has 4 saturated carbocycles. The molecular formula is C30H46O3. The van der Waals surface area contributed by atoms with Crippen LogP contribution in [-0.4, -0.2) is 22.8 Å². The van der Waals surface area contributed by atoms with Gasteiger partial charge in [0.1, 0.15) is 5.60 Å². The lowest BCUT2D eigenvalue weighted by Crippen LogP contribution is -2.71. The van der Waals surface area contributed by atoms with Crippen LogP contribution in [0.25, 0.3) is 0 Å². The Kier molecular flexibility index (Phi) is 4.31. The predicted molar refractivity (Wildman–Crippen MR) is 130 cm³/mol. The molecule has 184 valence electrons. The number of esters is 1. The van der Waals surface area contributed by atoms with Crippen LogP contribution >= 0.6 is 0 Å². The highest BCUT2D eigenvalue weighted by atomic mass is 16.6. The molecule has 0 aromatic rings. The fourth-order valence-electron chi connectivity index (χ4n) is 11.4. The molecule has 0 unspecified atom stereocenters. The zero-order chi connectivity index (χ0) is 23.8. The first kappa shape index (κ1) is 22.6. The molecule has 0 aromatic heterocycles. The third-order valence-electron chi connectivity index (χ3n) is 13.8. The lowest BCUT2D eigenvalue weighted by molar-refractivity contribution is -0.245. The maximum absolute atomic E-state index is 13.6. The van der Waals surface area contributed by atoms with Crippen molar-refractivity contribution in [2.45, 2.75) is 112 Å². The SMILES string of the molecule is C[C@H]1[C@H](C)CC[C@@]23CC[C@]4(C)[C@@](C=C[C@H]5[C@@]6(C)CC[C@H](O)C(C)(C)[C@H]6CC[C@]54C)(OC2=O)[C@H]13.